The van der Waals surface area contributed by atoms with E-state index in [4.69, 9.17) is 23.2 Å². The molecular weight excluding hydrogens is 167 g/mol. The summed E-state index contributed by atoms with van der Waals surface area (Å²) in [6, 6.07) is 0. The first kappa shape index (κ1) is 9.80. The van der Waals surface area contributed by atoms with Gasteiger partial charge in [0.05, 0.1) is 0 Å². The van der Waals surface area contributed by atoms with Gasteiger partial charge in [-0.1, -0.05) is 36.4 Å². The van der Waals surface area contributed by atoms with Crippen LogP contribution >= 0.6 is 23.2 Å². The van der Waals surface area contributed by atoms with Crippen molar-refractivity contribution in [2.24, 2.45) is 0 Å². The van der Waals surface area contributed by atoms with Gasteiger partial charge in [0.25, 0.3) is 0 Å². The van der Waals surface area contributed by atoms with Crippen molar-refractivity contribution in [3.8, 4) is 0 Å². The van der Waals surface area contributed by atoms with Crippen LogP contribution in [-0.2, 0) is 0 Å². The molecule has 0 aromatic rings. The average Bonchev–Trinajstić information content (AvgIpc) is 1.84. The highest BCUT2D eigenvalue weighted by Crippen LogP contribution is 2.22. The van der Waals surface area contributed by atoms with Crippen LogP contribution in [0.5, 0.6) is 0 Å². The van der Waals surface area contributed by atoms with Gasteiger partial charge in [0.2, 0.25) is 0 Å². The lowest BCUT2D eigenvalue weighted by Crippen LogP contribution is -1.82. The summed E-state index contributed by atoms with van der Waals surface area (Å²) in [5.41, 5.74) is 1.78. The predicted molar refractivity (Wildman–Crippen MR) is 48.4 cm³/mol. The molecule has 0 aromatic heterocycles. The maximum atomic E-state index is 5.62. The molecule has 0 nitrogen and oxygen atoms in total. The summed E-state index contributed by atoms with van der Waals surface area (Å²) in [4.78, 5) is 0. The first-order valence-corrected chi connectivity index (χ1v) is 3.59. The summed E-state index contributed by atoms with van der Waals surface area (Å²) in [5, 5.41) is 1.03. The molecule has 10 heavy (non-hydrogen) atoms. The van der Waals surface area contributed by atoms with Crippen molar-refractivity contribution in [2.45, 2.75) is 13.8 Å². The number of rotatable bonds is 2. The molecule has 0 aliphatic heterocycles. The van der Waals surface area contributed by atoms with Gasteiger partial charge >= 0.3 is 0 Å². The molecule has 0 spiro atoms. The molecule has 0 rings (SSSR count). The predicted octanol–water partition coefficient (Wildman–Crippen LogP) is 3.83. The van der Waals surface area contributed by atoms with E-state index in [1.807, 2.05) is 13.8 Å². The van der Waals surface area contributed by atoms with Crippen molar-refractivity contribution in [1.82, 2.24) is 0 Å². The molecule has 0 heterocycles. The monoisotopic (exact) mass is 176 g/mol. The van der Waals surface area contributed by atoms with Crippen molar-refractivity contribution in [3.05, 3.63) is 34.4 Å². The molecule has 0 saturated heterocycles. The fraction of sp³-hybridized carbons (Fsp3) is 0.250. The smallest absolute Gasteiger partial charge is 0.0366 e. The second-order valence-electron chi connectivity index (χ2n) is 2.06. The summed E-state index contributed by atoms with van der Waals surface area (Å²) in [5.74, 6) is 0. The van der Waals surface area contributed by atoms with Crippen molar-refractivity contribution >= 4 is 23.2 Å². The van der Waals surface area contributed by atoms with E-state index in [1.165, 1.54) is 0 Å². The summed E-state index contributed by atoms with van der Waals surface area (Å²) >= 11 is 11.2. The van der Waals surface area contributed by atoms with Crippen LogP contribution in [0, 0.1) is 0 Å². The number of allylic oxidation sites excluding steroid dienone is 4. The molecule has 0 aromatic carbocycles. The molecular formula is C8H10Cl2. The Morgan fingerprint density at radius 3 is 1.20 bits per heavy atom. The van der Waals surface area contributed by atoms with Gasteiger partial charge in [0, 0.05) is 10.1 Å². The molecule has 0 aliphatic carbocycles. The molecule has 2 heteroatoms. The van der Waals surface area contributed by atoms with Gasteiger partial charge in [0.15, 0.2) is 0 Å². The van der Waals surface area contributed by atoms with Crippen LogP contribution in [0.3, 0.4) is 0 Å². The standard InChI is InChI=1S/C8H10Cl2/c1-5(7(3)9)6(2)8(4)10/h3-4H2,1-2H3. The Morgan fingerprint density at radius 1 is 0.900 bits per heavy atom. The quantitative estimate of drug-likeness (QED) is 0.562. The second-order valence-corrected chi connectivity index (χ2v) is 2.97. The molecule has 56 valence electrons. The Labute approximate surface area is 71.8 Å². The van der Waals surface area contributed by atoms with E-state index in [2.05, 4.69) is 13.2 Å². The van der Waals surface area contributed by atoms with Crippen LogP contribution in [0.25, 0.3) is 0 Å². The van der Waals surface area contributed by atoms with Gasteiger partial charge in [0.1, 0.15) is 0 Å². The molecule has 0 atom stereocenters. The minimum Gasteiger partial charge on any atom is -0.0847 e. The highest BCUT2D eigenvalue weighted by Gasteiger charge is 1.99. The molecule has 0 saturated carbocycles. The fourth-order valence-corrected chi connectivity index (χ4v) is 0.690. The summed E-state index contributed by atoms with van der Waals surface area (Å²) < 4.78 is 0. The van der Waals surface area contributed by atoms with Crippen molar-refractivity contribution in [2.75, 3.05) is 0 Å². The zero-order valence-corrected chi connectivity index (χ0v) is 7.68. The first-order valence-electron chi connectivity index (χ1n) is 2.84. The largest absolute Gasteiger partial charge is 0.0847 e. The van der Waals surface area contributed by atoms with Gasteiger partial charge < -0.3 is 0 Å². The zero-order valence-electron chi connectivity index (χ0n) is 6.17. The van der Waals surface area contributed by atoms with Crippen LogP contribution in [0.4, 0.5) is 0 Å². The van der Waals surface area contributed by atoms with Crippen LogP contribution in [0.15, 0.2) is 34.4 Å². The Bertz CT molecular complexity index is 177. The maximum Gasteiger partial charge on any atom is 0.0366 e. The molecule has 0 bridgehead atoms. The van der Waals surface area contributed by atoms with Gasteiger partial charge in [-0.05, 0) is 25.0 Å². The number of halogens is 2. The van der Waals surface area contributed by atoms with E-state index < -0.39 is 0 Å². The summed E-state index contributed by atoms with van der Waals surface area (Å²) in [6.45, 7) is 10.9. The highest BCUT2D eigenvalue weighted by atomic mass is 35.5. The van der Waals surface area contributed by atoms with Gasteiger partial charge in [-0.3, -0.25) is 0 Å². The van der Waals surface area contributed by atoms with E-state index in [1.54, 1.807) is 0 Å². The van der Waals surface area contributed by atoms with E-state index in [0.717, 1.165) is 11.1 Å². The van der Waals surface area contributed by atoms with Gasteiger partial charge in [-0.25, -0.2) is 0 Å². The topological polar surface area (TPSA) is 0 Å². The van der Waals surface area contributed by atoms with Gasteiger partial charge in [-0.15, -0.1) is 0 Å². The minimum absolute atomic E-state index is 0.513. The fourth-order valence-electron chi connectivity index (χ4n) is 0.407. The molecule has 0 radical (unpaired) electrons. The average molecular weight is 177 g/mol. The van der Waals surface area contributed by atoms with Crippen LogP contribution in [0.1, 0.15) is 13.8 Å². The van der Waals surface area contributed by atoms with Crippen LogP contribution in [0.2, 0.25) is 0 Å². The highest BCUT2D eigenvalue weighted by molar-refractivity contribution is 6.33. The van der Waals surface area contributed by atoms with Gasteiger partial charge in [-0.2, -0.15) is 0 Å². The number of hydrogen-bond acceptors (Lipinski definition) is 0. The normalized spacial score (nSPS) is 12.4. The number of hydrogen-bond donors (Lipinski definition) is 0. The van der Waals surface area contributed by atoms with E-state index in [9.17, 15) is 0 Å². The second kappa shape index (κ2) is 3.85. The maximum absolute atomic E-state index is 5.62. The SMILES string of the molecule is C=C(Cl)C(C)=C(C)C(=C)Cl. The third-order valence-electron chi connectivity index (χ3n) is 1.38. The van der Waals surface area contributed by atoms with Crippen molar-refractivity contribution in [1.29, 1.82) is 0 Å². The van der Waals surface area contributed by atoms with E-state index in [-0.39, 0.29) is 0 Å². The third kappa shape index (κ3) is 2.59. The van der Waals surface area contributed by atoms with E-state index >= 15 is 0 Å². The summed E-state index contributed by atoms with van der Waals surface area (Å²) in [6.07, 6.45) is 0. The third-order valence-corrected chi connectivity index (χ3v) is 1.94. The van der Waals surface area contributed by atoms with Crippen LogP contribution in [-0.4, -0.2) is 0 Å². The molecule has 0 fully saturated rings. The molecule has 0 unspecified atom stereocenters. The lowest BCUT2D eigenvalue weighted by Gasteiger charge is -2.02. The minimum atomic E-state index is 0.513. The summed E-state index contributed by atoms with van der Waals surface area (Å²) in [7, 11) is 0. The van der Waals surface area contributed by atoms with E-state index in [0.29, 0.717) is 10.1 Å². The lowest BCUT2D eigenvalue weighted by molar-refractivity contribution is 1.35. The zero-order chi connectivity index (χ0) is 8.31. The Balaban J connectivity index is 4.67. The molecule has 0 aliphatic rings. The first-order chi connectivity index (χ1) is 4.46. The Kier molecular flexibility index (Phi) is 3.77. The molecule has 0 amide bonds. The van der Waals surface area contributed by atoms with Crippen molar-refractivity contribution < 1.29 is 0 Å². The Hall–Kier alpha value is -0.200. The molecule has 0 N–H and O–H groups in total. The van der Waals surface area contributed by atoms with Crippen LogP contribution < -0.4 is 0 Å². The van der Waals surface area contributed by atoms with Crippen molar-refractivity contribution in [3.63, 3.8) is 0 Å². The Morgan fingerprint density at radius 2 is 1.10 bits per heavy atom. The lowest BCUT2D eigenvalue weighted by atomic mass is 10.1.